The van der Waals surface area contributed by atoms with E-state index in [1.165, 1.54) is 0 Å². The first-order valence-corrected chi connectivity index (χ1v) is 8.13. The van der Waals surface area contributed by atoms with Crippen LogP contribution < -0.4 is 5.56 Å². The van der Waals surface area contributed by atoms with Crippen LogP contribution in [0.5, 0.6) is 0 Å². The fourth-order valence-corrected chi connectivity index (χ4v) is 3.14. The van der Waals surface area contributed by atoms with Crippen molar-refractivity contribution in [1.82, 2.24) is 9.88 Å². The second-order valence-electron chi connectivity index (χ2n) is 6.23. The number of aromatic amines is 1. The number of fused-ring (bicyclic) bond motifs is 1. The number of pyridine rings is 1. The summed E-state index contributed by atoms with van der Waals surface area (Å²) in [6.07, 6.45) is 3.57. The van der Waals surface area contributed by atoms with E-state index in [4.69, 9.17) is 4.42 Å². The highest BCUT2D eigenvalue weighted by molar-refractivity contribution is 5.96. The number of carbonyl (C=O) groups excluding carboxylic acids is 1. The maximum Gasteiger partial charge on any atom is 0.271 e. The Kier molecular flexibility index (Phi) is 3.49. The largest absolute Gasteiger partial charge is 0.467 e. The Morgan fingerprint density at radius 2 is 2.04 bits per heavy atom. The molecule has 0 radical (unpaired) electrons. The lowest BCUT2D eigenvalue weighted by molar-refractivity contribution is 0.0646. The maximum absolute atomic E-state index is 13.1. The summed E-state index contributed by atoms with van der Waals surface area (Å²) in [6.45, 7) is 1.95. The van der Waals surface area contributed by atoms with Crippen LogP contribution in [0.4, 0.5) is 0 Å². The van der Waals surface area contributed by atoms with Crippen LogP contribution in [-0.4, -0.2) is 21.8 Å². The Hall–Kier alpha value is -2.82. The van der Waals surface area contributed by atoms with E-state index in [0.717, 1.165) is 24.0 Å². The monoisotopic (exact) mass is 322 g/mol. The lowest BCUT2D eigenvalue weighted by Crippen LogP contribution is -2.36. The minimum Gasteiger partial charge on any atom is -0.467 e. The number of hydrogen-bond donors (Lipinski definition) is 1. The van der Waals surface area contributed by atoms with Crippen LogP contribution >= 0.6 is 0 Å². The zero-order chi connectivity index (χ0) is 16.7. The second-order valence-corrected chi connectivity index (χ2v) is 6.23. The van der Waals surface area contributed by atoms with E-state index < -0.39 is 0 Å². The number of nitrogens with zero attached hydrogens (tertiary/aromatic N) is 1. The Bertz CT molecular complexity index is 939. The summed E-state index contributed by atoms with van der Waals surface area (Å²) in [5.41, 5.74) is 0.0851. The number of aromatic nitrogens is 1. The van der Waals surface area contributed by atoms with Crippen LogP contribution in [-0.2, 0) is 0 Å². The Morgan fingerprint density at radius 3 is 2.75 bits per heavy atom. The van der Waals surface area contributed by atoms with Crippen molar-refractivity contribution in [2.24, 2.45) is 0 Å². The summed E-state index contributed by atoms with van der Waals surface area (Å²) in [6, 6.07) is 12.8. The van der Waals surface area contributed by atoms with Gasteiger partial charge in [0.05, 0.1) is 12.3 Å². The van der Waals surface area contributed by atoms with Gasteiger partial charge >= 0.3 is 0 Å². The fraction of sp³-hybridized carbons (Fsp3) is 0.263. The molecule has 1 aliphatic rings. The Morgan fingerprint density at radius 1 is 1.25 bits per heavy atom. The average Bonchev–Trinajstić information content (AvgIpc) is 3.26. The Labute approximate surface area is 138 Å². The SMILES string of the molecule is C[C@H](c1ccco1)N(C(=O)c1cc2ccccc2c(=O)[nH]1)C1CC1. The third-order valence-electron chi connectivity index (χ3n) is 4.53. The minimum absolute atomic E-state index is 0.163. The van der Waals surface area contributed by atoms with Gasteiger partial charge in [-0.2, -0.15) is 0 Å². The van der Waals surface area contributed by atoms with Crippen LogP contribution in [0, 0.1) is 0 Å². The van der Waals surface area contributed by atoms with Crippen molar-refractivity contribution in [2.75, 3.05) is 0 Å². The molecule has 3 aromatic rings. The van der Waals surface area contributed by atoms with Crippen LogP contribution in [0.2, 0.25) is 0 Å². The molecule has 122 valence electrons. The van der Waals surface area contributed by atoms with E-state index in [2.05, 4.69) is 4.98 Å². The molecule has 5 heteroatoms. The molecule has 1 N–H and O–H groups in total. The van der Waals surface area contributed by atoms with E-state index in [-0.39, 0.29) is 23.6 Å². The van der Waals surface area contributed by atoms with E-state index in [0.29, 0.717) is 11.1 Å². The summed E-state index contributed by atoms with van der Waals surface area (Å²) in [5, 5.41) is 1.36. The van der Waals surface area contributed by atoms with Crippen LogP contribution in [0.3, 0.4) is 0 Å². The quantitative estimate of drug-likeness (QED) is 0.799. The molecule has 24 heavy (non-hydrogen) atoms. The van der Waals surface area contributed by atoms with Crippen molar-refractivity contribution in [1.29, 1.82) is 0 Å². The molecule has 0 aliphatic heterocycles. The zero-order valence-corrected chi connectivity index (χ0v) is 13.4. The number of nitrogens with one attached hydrogen (secondary N) is 1. The molecule has 1 saturated carbocycles. The maximum atomic E-state index is 13.1. The standard InChI is InChI=1S/C19H18N2O3/c1-12(17-7-4-10-24-17)21(14-8-9-14)19(23)16-11-13-5-2-3-6-15(13)18(22)20-16/h2-7,10-12,14H,8-9H2,1H3,(H,20,22)/t12-/m1/s1. The number of amides is 1. The molecule has 0 spiro atoms. The third kappa shape index (κ3) is 2.52. The number of benzene rings is 1. The molecule has 2 aromatic heterocycles. The van der Waals surface area contributed by atoms with Gasteiger partial charge in [0.1, 0.15) is 11.5 Å². The van der Waals surface area contributed by atoms with Crippen molar-refractivity contribution in [3.8, 4) is 0 Å². The molecule has 0 saturated heterocycles. The van der Waals surface area contributed by atoms with Crippen molar-refractivity contribution >= 4 is 16.7 Å². The van der Waals surface area contributed by atoms with Crippen molar-refractivity contribution in [2.45, 2.75) is 31.8 Å². The molecule has 0 unspecified atom stereocenters. The molecule has 1 fully saturated rings. The minimum atomic E-state index is -0.238. The number of H-pyrrole nitrogens is 1. The summed E-state index contributed by atoms with van der Waals surface area (Å²) in [5.74, 6) is 0.586. The van der Waals surface area contributed by atoms with Crippen molar-refractivity contribution in [3.63, 3.8) is 0 Å². The molecule has 1 aromatic carbocycles. The number of carbonyl (C=O) groups is 1. The van der Waals surface area contributed by atoms with Crippen molar-refractivity contribution in [3.05, 3.63) is 70.5 Å². The predicted octanol–water partition coefficient (Wildman–Crippen LogP) is 3.49. The van der Waals surface area contributed by atoms with E-state index in [1.807, 2.05) is 42.2 Å². The van der Waals surface area contributed by atoms with Gasteiger partial charge in [0.2, 0.25) is 0 Å². The zero-order valence-electron chi connectivity index (χ0n) is 13.4. The van der Waals surface area contributed by atoms with Gasteiger partial charge in [-0.05, 0) is 49.4 Å². The lowest BCUT2D eigenvalue weighted by atomic mass is 10.1. The van der Waals surface area contributed by atoms with Gasteiger partial charge in [-0.3, -0.25) is 9.59 Å². The van der Waals surface area contributed by atoms with Gasteiger partial charge < -0.3 is 14.3 Å². The average molecular weight is 322 g/mol. The summed E-state index contributed by atoms with van der Waals surface area (Å²) >= 11 is 0. The predicted molar refractivity (Wildman–Crippen MR) is 90.9 cm³/mol. The highest BCUT2D eigenvalue weighted by Gasteiger charge is 2.38. The topological polar surface area (TPSA) is 66.3 Å². The highest BCUT2D eigenvalue weighted by atomic mass is 16.3. The molecule has 0 bridgehead atoms. The molecule has 2 heterocycles. The Balaban J connectivity index is 1.74. The van der Waals surface area contributed by atoms with Gasteiger partial charge in [-0.25, -0.2) is 0 Å². The first kappa shape index (κ1) is 14.8. The van der Waals surface area contributed by atoms with Gasteiger partial charge in [0, 0.05) is 11.4 Å². The summed E-state index contributed by atoms with van der Waals surface area (Å²) in [7, 11) is 0. The smallest absolute Gasteiger partial charge is 0.271 e. The molecular formula is C19H18N2O3. The van der Waals surface area contributed by atoms with Gasteiger partial charge in [0.15, 0.2) is 0 Å². The lowest BCUT2D eigenvalue weighted by Gasteiger charge is -2.28. The highest BCUT2D eigenvalue weighted by Crippen LogP contribution is 2.35. The normalized spacial score (nSPS) is 15.4. The molecule has 1 atom stereocenters. The van der Waals surface area contributed by atoms with E-state index in [9.17, 15) is 9.59 Å². The summed E-state index contributed by atoms with van der Waals surface area (Å²) in [4.78, 5) is 29.9. The molecule has 5 nitrogen and oxygen atoms in total. The first-order chi connectivity index (χ1) is 11.6. The van der Waals surface area contributed by atoms with Crippen LogP contribution in [0.25, 0.3) is 10.8 Å². The molecular weight excluding hydrogens is 304 g/mol. The number of furan rings is 1. The van der Waals surface area contributed by atoms with E-state index in [1.54, 1.807) is 18.4 Å². The van der Waals surface area contributed by atoms with Crippen LogP contribution in [0.15, 0.2) is 57.9 Å². The van der Waals surface area contributed by atoms with E-state index >= 15 is 0 Å². The molecule has 4 rings (SSSR count). The van der Waals surface area contributed by atoms with Gasteiger partial charge in [-0.15, -0.1) is 0 Å². The number of rotatable bonds is 4. The second kappa shape index (κ2) is 5.67. The molecule has 1 aliphatic carbocycles. The fourth-order valence-electron chi connectivity index (χ4n) is 3.14. The third-order valence-corrected chi connectivity index (χ3v) is 4.53. The van der Waals surface area contributed by atoms with Crippen LogP contribution in [0.1, 0.15) is 42.1 Å². The van der Waals surface area contributed by atoms with Crippen molar-refractivity contribution < 1.29 is 9.21 Å². The number of hydrogen-bond acceptors (Lipinski definition) is 3. The van der Waals surface area contributed by atoms with Gasteiger partial charge in [-0.1, -0.05) is 18.2 Å². The molecule has 1 amide bonds. The summed E-state index contributed by atoms with van der Waals surface area (Å²) < 4.78 is 5.47. The van der Waals surface area contributed by atoms with Gasteiger partial charge in [0.25, 0.3) is 11.5 Å². The first-order valence-electron chi connectivity index (χ1n) is 8.13.